The number of benzene rings is 2. The van der Waals surface area contributed by atoms with E-state index in [1.54, 1.807) is 0 Å². The lowest BCUT2D eigenvalue weighted by Gasteiger charge is -2.32. The van der Waals surface area contributed by atoms with E-state index in [0.717, 1.165) is 30.2 Å². The first-order valence-corrected chi connectivity index (χ1v) is 7.73. The normalized spacial score (nSPS) is 21.0. The van der Waals surface area contributed by atoms with E-state index in [2.05, 4.69) is 58.4 Å². The van der Waals surface area contributed by atoms with E-state index in [1.165, 1.54) is 16.7 Å². The van der Waals surface area contributed by atoms with Crippen molar-refractivity contribution in [1.82, 2.24) is 0 Å². The van der Waals surface area contributed by atoms with Gasteiger partial charge in [0.15, 0.2) is 0 Å². The van der Waals surface area contributed by atoms with E-state index in [1.807, 2.05) is 12.1 Å². The first kappa shape index (κ1) is 13.4. The van der Waals surface area contributed by atoms with Gasteiger partial charge in [0.25, 0.3) is 0 Å². The minimum Gasteiger partial charge on any atom is -0.198 e. The van der Waals surface area contributed by atoms with E-state index in [9.17, 15) is 5.26 Å². The standard InChI is InChI=1S/C18H16BrN/c19-17-8-4-3-7-16(17)12-18(13-20)10-9-14-5-1-2-6-15(14)11-18/h1-8H,9-12H2. The highest BCUT2D eigenvalue weighted by Crippen LogP contribution is 2.39. The fourth-order valence-corrected chi connectivity index (χ4v) is 3.52. The molecule has 0 aromatic heterocycles. The highest BCUT2D eigenvalue weighted by atomic mass is 79.9. The quantitative estimate of drug-likeness (QED) is 0.785. The number of halogens is 1. The van der Waals surface area contributed by atoms with E-state index in [4.69, 9.17) is 0 Å². The minimum atomic E-state index is -0.266. The van der Waals surface area contributed by atoms with Crippen LogP contribution in [0.25, 0.3) is 0 Å². The van der Waals surface area contributed by atoms with Gasteiger partial charge in [0.2, 0.25) is 0 Å². The monoisotopic (exact) mass is 325 g/mol. The van der Waals surface area contributed by atoms with Crippen molar-refractivity contribution in [3.05, 3.63) is 69.7 Å². The minimum absolute atomic E-state index is 0.266. The lowest BCUT2D eigenvalue weighted by molar-refractivity contribution is 0.339. The molecule has 1 aliphatic rings. The zero-order valence-corrected chi connectivity index (χ0v) is 12.9. The van der Waals surface area contributed by atoms with E-state index in [0.29, 0.717) is 0 Å². The van der Waals surface area contributed by atoms with Gasteiger partial charge in [0.05, 0.1) is 11.5 Å². The third kappa shape index (κ3) is 2.51. The van der Waals surface area contributed by atoms with Crippen LogP contribution in [0.1, 0.15) is 23.1 Å². The van der Waals surface area contributed by atoms with Crippen LogP contribution in [0.4, 0.5) is 0 Å². The van der Waals surface area contributed by atoms with Crippen LogP contribution < -0.4 is 0 Å². The van der Waals surface area contributed by atoms with Gasteiger partial charge in [-0.05, 0) is 48.4 Å². The number of rotatable bonds is 2. The fraction of sp³-hybridized carbons (Fsp3) is 0.278. The molecule has 0 amide bonds. The molecule has 0 N–H and O–H groups in total. The molecule has 2 heteroatoms. The lowest BCUT2D eigenvalue weighted by Crippen LogP contribution is -2.29. The molecule has 0 radical (unpaired) electrons. The molecular weight excluding hydrogens is 310 g/mol. The Kier molecular flexibility index (Phi) is 3.63. The van der Waals surface area contributed by atoms with Crippen molar-refractivity contribution in [1.29, 1.82) is 5.26 Å². The first-order valence-electron chi connectivity index (χ1n) is 6.94. The Hall–Kier alpha value is -1.59. The molecule has 0 aliphatic heterocycles. The number of hydrogen-bond donors (Lipinski definition) is 0. The SMILES string of the molecule is N#CC1(Cc2ccccc2Br)CCc2ccccc2C1. The molecule has 1 unspecified atom stereocenters. The molecular formula is C18H16BrN. The molecule has 3 rings (SSSR count). The van der Waals surface area contributed by atoms with Gasteiger partial charge in [-0.15, -0.1) is 0 Å². The zero-order chi connectivity index (χ0) is 14.0. The van der Waals surface area contributed by atoms with Gasteiger partial charge >= 0.3 is 0 Å². The summed E-state index contributed by atoms with van der Waals surface area (Å²) in [5, 5.41) is 9.75. The van der Waals surface area contributed by atoms with Crippen molar-refractivity contribution in [3.8, 4) is 6.07 Å². The molecule has 1 atom stereocenters. The number of aryl methyl sites for hydroxylation is 1. The zero-order valence-electron chi connectivity index (χ0n) is 11.3. The summed E-state index contributed by atoms with van der Waals surface area (Å²) in [5.74, 6) is 0. The Morgan fingerprint density at radius 2 is 1.75 bits per heavy atom. The number of nitrogens with zero attached hydrogens (tertiary/aromatic N) is 1. The molecule has 0 heterocycles. The molecule has 0 fully saturated rings. The third-order valence-electron chi connectivity index (χ3n) is 4.24. The molecule has 2 aromatic carbocycles. The molecule has 0 saturated carbocycles. The molecule has 100 valence electrons. The molecule has 20 heavy (non-hydrogen) atoms. The average Bonchev–Trinajstić information content (AvgIpc) is 2.49. The van der Waals surface area contributed by atoms with Crippen molar-refractivity contribution >= 4 is 15.9 Å². The van der Waals surface area contributed by atoms with Crippen LogP contribution in [0, 0.1) is 16.7 Å². The van der Waals surface area contributed by atoms with Crippen LogP contribution in [-0.4, -0.2) is 0 Å². The second kappa shape index (κ2) is 5.42. The van der Waals surface area contributed by atoms with E-state index in [-0.39, 0.29) is 5.41 Å². The summed E-state index contributed by atoms with van der Waals surface area (Å²) in [7, 11) is 0. The Morgan fingerprint density at radius 1 is 1.05 bits per heavy atom. The van der Waals surface area contributed by atoms with Crippen molar-refractivity contribution in [3.63, 3.8) is 0 Å². The predicted molar refractivity (Wildman–Crippen MR) is 84.4 cm³/mol. The third-order valence-corrected chi connectivity index (χ3v) is 5.02. The highest BCUT2D eigenvalue weighted by Gasteiger charge is 2.35. The maximum Gasteiger partial charge on any atom is 0.0696 e. The summed E-state index contributed by atoms with van der Waals surface area (Å²) in [6.45, 7) is 0. The largest absolute Gasteiger partial charge is 0.198 e. The van der Waals surface area contributed by atoms with Gasteiger partial charge in [-0.3, -0.25) is 0 Å². The van der Waals surface area contributed by atoms with E-state index >= 15 is 0 Å². The summed E-state index contributed by atoms with van der Waals surface area (Å²) in [6, 6.07) is 19.4. The molecule has 0 spiro atoms. The Labute approximate surface area is 128 Å². The summed E-state index contributed by atoms with van der Waals surface area (Å²) >= 11 is 3.60. The fourth-order valence-electron chi connectivity index (χ4n) is 3.09. The van der Waals surface area contributed by atoms with Crippen molar-refractivity contribution in [2.75, 3.05) is 0 Å². The van der Waals surface area contributed by atoms with Crippen LogP contribution in [0.3, 0.4) is 0 Å². The van der Waals surface area contributed by atoms with Crippen LogP contribution >= 0.6 is 15.9 Å². The molecule has 1 aliphatic carbocycles. The maximum atomic E-state index is 9.75. The molecule has 1 nitrogen and oxygen atoms in total. The summed E-state index contributed by atoms with van der Waals surface area (Å²) in [5.41, 5.74) is 3.71. The van der Waals surface area contributed by atoms with Gasteiger partial charge in [-0.1, -0.05) is 58.4 Å². The Morgan fingerprint density at radius 3 is 2.50 bits per heavy atom. The number of fused-ring (bicyclic) bond motifs is 1. The second-order valence-corrected chi connectivity index (χ2v) is 6.46. The van der Waals surface area contributed by atoms with Crippen LogP contribution in [0.5, 0.6) is 0 Å². The summed E-state index contributed by atoms with van der Waals surface area (Å²) in [6.07, 6.45) is 3.64. The van der Waals surface area contributed by atoms with Crippen molar-refractivity contribution in [2.45, 2.75) is 25.7 Å². The second-order valence-electron chi connectivity index (χ2n) is 5.61. The van der Waals surface area contributed by atoms with Gasteiger partial charge < -0.3 is 0 Å². The molecule has 0 saturated heterocycles. The van der Waals surface area contributed by atoms with Crippen LogP contribution in [0.15, 0.2) is 53.0 Å². The first-order chi connectivity index (χ1) is 9.72. The van der Waals surface area contributed by atoms with Crippen molar-refractivity contribution < 1.29 is 0 Å². The lowest BCUT2D eigenvalue weighted by atomic mass is 9.69. The predicted octanol–water partition coefficient (Wildman–Crippen LogP) is 4.69. The highest BCUT2D eigenvalue weighted by molar-refractivity contribution is 9.10. The van der Waals surface area contributed by atoms with Gasteiger partial charge in [0.1, 0.15) is 0 Å². The molecule has 2 aromatic rings. The van der Waals surface area contributed by atoms with E-state index < -0.39 is 0 Å². The maximum absolute atomic E-state index is 9.75. The summed E-state index contributed by atoms with van der Waals surface area (Å²) in [4.78, 5) is 0. The Balaban J connectivity index is 1.91. The van der Waals surface area contributed by atoms with Crippen molar-refractivity contribution in [2.24, 2.45) is 5.41 Å². The van der Waals surface area contributed by atoms with Gasteiger partial charge in [-0.25, -0.2) is 0 Å². The number of hydrogen-bond acceptors (Lipinski definition) is 1. The number of nitriles is 1. The van der Waals surface area contributed by atoms with Gasteiger partial charge in [-0.2, -0.15) is 5.26 Å². The smallest absolute Gasteiger partial charge is 0.0696 e. The Bertz CT molecular complexity index is 671. The van der Waals surface area contributed by atoms with Gasteiger partial charge in [0, 0.05) is 4.47 Å². The summed E-state index contributed by atoms with van der Waals surface area (Å²) < 4.78 is 1.11. The molecule has 0 bridgehead atoms. The topological polar surface area (TPSA) is 23.8 Å². The average molecular weight is 326 g/mol. The van der Waals surface area contributed by atoms with Crippen LogP contribution in [-0.2, 0) is 19.3 Å². The van der Waals surface area contributed by atoms with Crippen LogP contribution in [0.2, 0.25) is 0 Å².